The maximum atomic E-state index is 13.1. The zero-order chi connectivity index (χ0) is 21.1. The molecule has 1 unspecified atom stereocenters. The highest BCUT2D eigenvalue weighted by atomic mass is 19.4. The van der Waals surface area contributed by atoms with E-state index >= 15 is 0 Å². The van der Waals surface area contributed by atoms with E-state index in [1.54, 1.807) is 6.92 Å². The highest BCUT2D eigenvalue weighted by molar-refractivity contribution is 5.63. The molecular weight excluding hydrogens is 385 g/mol. The summed E-state index contributed by atoms with van der Waals surface area (Å²) in [6.45, 7) is 1.57. The summed E-state index contributed by atoms with van der Waals surface area (Å²) in [5, 5.41) is 19.8. The lowest BCUT2D eigenvalue weighted by atomic mass is 9.92. The van der Waals surface area contributed by atoms with Crippen LogP contribution in [0.5, 0.6) is 11.6 Å². The number of ether oxygens (including phenoxy) is 2. The maximum Gasteiger partial charge on any atom is 0.511 e. The first-order chi connectivity index (χ1) is 13.0. The molecule has 0 spiro atoms. The zero-order valence-electron chi connectivity index (χ0n) is 14.7. The molecule has 0 bridgehead atoms. The van der Waals surface area contributed by atoms with Gasteiger partial charge in [-0.15, -0.1) is 0 Å². The van der Waals surface area contributed by atoms with Crippen LogP contribution in [-0.2, 0) is 12.6 Å². The van der Waals surface area contributed by atoms with Crippen molar-refractivity contribution < 1.29 is 37.5 Å². The number of hydrogen-bond acceptors (Lipinski definition) is 6. The van der Waals surface area contributed by atoms with E-state index in [2.05, 4.69) is 14.5 Å². The molecule has 0 saturated carbocycles. The van der Waals surface area contributed by atoms with E-state index < -0.39 is 34.6 Å². The van der Waals surface area contributed by atoms with Crippen molar-refractivity contribution in [2.75, 3.05) is 7.11 Å². The van der Waals surface area contributed by atoms with Crippen molar-refractivity contribution in [1.82, 2.24) is 4.98 Å². The van der Waals surface area contributed by atoms with Gasteiger partial charge in [0.25, 0.3) is 5.69 Å². The Balaban J connectivity index is 2.41. The van der Waals surface area contributed by atoms with Crippen LogP contribution < -0.4 is 9.47 Å². The summed E-state index contributed by atoms with van der Waals surface area (Å²) in [5.41, 5.74) is -1.00. The Bertz CT molecular complexity index is 901. The molecule has 1 atom stereocenters. The molecule has 2 rings (SSSR count). The van der Waals surface area contributed by atoms with E-state index in [4.69, 9.17) is 5.11 Å². The summed E-state index contributed by atoms with van der Waals surface area (Å²) in [7, 11) is 1.07. The minimum Gasteiger partial charge on any atom is -0.481 e. The number of methoxy groups -OCH3 is 1. The smallest absolute Gasteiger partial charge is 0.481 e. The average molecular weight is 400 g/mol. The first-order valence-electron chi connectivity index (χ1n) is 7.82. The number of nitro groups is 1. The Hall–Kier alpha value is -3.37. The number of carboxylic acid groups (broad SMARTS) is 1. The molecular formula is C17H15F3N2O6. The van der Waals surface area contributed by atoms with Gasteiger partial charge in [-0.1, -0.05) is 6.92 Å². The van der Waals surface area contributed by atoms with Crippen molar-refractivity contribution >= 4 is 11.8 Å². The standard InChI is InChI=1S/C17H15F3N2O6/c1-9(5-10-6-13(17(18,19)20)15(27-2)21-8-10)12-7-11(22(25)26)3-4-14(12)28-16(23)24/h3-4,6-9H,5H2,1-2H3,(H,23,24). The van der Waals surface area contributed by atoms with Crippen LogP contribution in [-0.4, -0.2) is 28.3 Å². The van der Waals surface area contributed by atoms with Gasteiger partial charge in [0.2, 0.25) is 5.88 Å². The molecule has 1 aromatic carbocycles. The van der Waals surface area contributed by atoms with E-state index in [1.165, 1.54) is 6.20 Å². The maximum absolute atomic E-state index is 13.1. The first-order valence-corrected chi connectivity index (χ1v) is 7.82. The number of non-ortho nitro benzene ring substituents is 1. The van der Waals surface area contributed by atoms with Gasteiger partial charge in [-0.25, -0.2) is 9.78 Å². The van der Waals surface area contributed by atoms with E-state index in [0.717, 1.165) is 31.4 Å². The van der Waals surface area contributed by atoms with Gasteiger partial charge in [-0.05, 0) is 30.0 Å². The Kier molecular flexibility index (Phi) is 6.06. The second-order valence-electron chi connectivity index (χ2n) is 5.85. The molecule has 28 heavy (non-hydrogen) atoms. The van der Waals surface area contributed by atoms with Crippen LogP contribution in [0.4, 0.5) is 23.7 Å². The van der Waals surface area contributed by atoms with Crippen LogP contribution in [0.3, 0.4) is 0 Å². The van der Waals surface area contributed by atoms with Gasteiger partial charge < -0.3 is 14.6 Å². The average Bonchev–Trinajstić information content (AvgIpc) is 2.60. The Labute approximate surface area is 156 Å². The second-order valence-corrected chi connectivity index (χ2v) is 5.85. The third-order valence-corrected chi connectivity index (χ3v) is 3.88. The Morgan fingerprint density at radius 1 is 1.36 bits per heavy atom. The molecule has 0 radical (unpaired) electrons. The zero-order valence-corrected chi connectivity index (χ0v) is 14.7. The number of benzene rings is 1. The van der Waals surface area contributed by atoms with Crippen molar-refractivity contribution in [3.05, 3.63) is 57.3 Å². The summed E-state index contributed by atoms with van der Waals surface area (Å²) in [6, 6.07) is 4.21. The molecule has 0 amide bonds. The second kappa shape index (κ2) is 8.11. The van der Waals surface area contributed by atoms with Gasteiger partial charge in [0.15, 0.2) is 0 Å². The van der Waals surface area contributed by atoms with Crippen LogP contribution in [0.25, 0.3) is 0 Å². The monoisotopic (exact) mass is 400 g/mol. The van der Waals surface area contributed by atoms with E-state index in [-0.39, 0.29) is 29.0 Å². The fourth-order valence-corrected chi connectivity index (χ4v) is 2.66. The Morgan fingerprint density at radius 3 is 2.57 bits per heavy atom. The predicted octanol–water partition coefficient (Wildman–Crippen LogP) is 4.42. The fraction of sp³-hybridized carbons (Fsp3) is 0.294. The van der Waals surface area contributed by atoms with Crippen LogP contribution >= 0.6 is 0 Å². The van der Waals surface area contributed by atoms with Crippen LogP contribution in [0.15, 0.2) is 30.5 Å². The topological polar surface area (TPSA) is 112 Å². The van der Waals surface area contributed by atoms with Crippen molar-refractivity contribution in [2.45, 2.75) is 25.4 Å². The number of aromatic nitrogens is 1. The van der Waals surface area contributed by atoms with Gasteiger partial charge in [0.05, 0.1) is 12.0 Å². The quantitative estimate of drug-likeness (QED) is 0.331. The van der Waals surface area contributed by atoms with Crippen molar-refractivity contribution in [3.8, 4) is 11.6 Å². The number of pyridine rings is 1. The fourth-order valence-electron chi connectivity index (χ4n) is 2.66. The molecule has 11 heteroatoms. The van der Waals surface area contributed by atoms with Crippen LogP contribution in [0.1, 0.15) is 29.5 Å². The molecule has 0 aliphatic rings. The highest BCUT2D eigenvalue weighted by Gasteiger charge is 2.35. The SMILES string of the molecule is COc1ncc(CC(C)c2cc([N+](=O)[O-])ccc2OC(=O)O)cc1C(F)(F)F. The minimum atomic E-state index is -4.68. The highest BCUT2D eigenvalue weighted by Crippen LogP contribution is 2.37. The molecule has 0 aliphatic carbocycles. The van der Waals surface area contributed by atoms with Gasteiger partial charge in [-0.3, -0.25) is 10.1 Å². The molecule has 0 aliphatic heterocycles. The summed E-state index contributed by atoms with van der Waals surface area (Å²) in [4.78, 5) is 24.8. The molecule has 1 N–H and O–H groups in total. The lowest BCUT2D eigenvalue weighted by Gasteiger charge is -2.17. The van der Waals surface area contributed by atoms with E-state index in [1.807, 2.05) is 0 Å². The molecule has 0 fully saturated rings. The largest absolute Gasteiger partial charge is 0.511 e. The number of halogens is 3. The van der Waals surface area contributed by atoms with Gasteiger partial charge in [-0.2, -0.15) is 13.2 Å². The summed E-state index contributed by atoms with van der Waals surface area (Å²) in [5.74, 6) is -1.32. The molecule has 0 saturated heterocycles. The van der Waals surface area contributed by atoms with Gasteiger partial charge in [0.1, 0.15) is 11.3 Å². The minimum absolute atomic E-state index is 0.00276. The molecule has 8 nitrogen and oxygen atoms in total. The van der Waals surface area contributed by atoms with Gasteiger partial charge >= 0.3 is 12.3 Å². The lowest BCUT2D eigenvalue weighted by molar-refractivity contribution is -0.385. The van der Waals surface area contributed by atoms with Gasteiger partial charge in [0, 0.05) is 23.9 Å². The number of hydrogen-bond donors (Lipinski definition) is 1. The summed E-state index contributed by atoms with van der Waals surface area (Å²) in [6.07, 6.45) is -5.11. The molecule has 1 heterocycles. The molecule has 150 valence electrons. The lowest BCUT2D eigenvalue weighted by Crippen LogP contribution is -2.11. The molecule has 1 aromatic heterocycles. The van der Waals surface area contributed by atoms with Crippen LogP contribution in [0, 0.1) is 10.1 Å². The van der Waals surface area contributed by atoms with E-state index in [9.17, 15) is 28.1 Å². The molecule has 2 aromatic rings. The third-order valence-electron chi connectivity index (χ3n) is 3.88. The normalized spacial score (nSPS) is 12.3. The van der Waals surface area contributed by atoms with E-state index in [0.29, 0.717) is 0 Å². The van der Waals surface area contributed by atoms with Crippen LogP contribution in [0.2, 0.25) is 0 Å². The first kappa shape index (κ1) is 20.9. The number of nitro benzene ring substituents is 1. The third kappa shape index (κ3) is 4.87. The van der Waals surface area contributed by atoms with Crippen molar-refractivity contribution in [3.63, 3.8) is 0 Å². The number of alkyl halides is 3. The summed E-state index contributed by atoms with van der Waals surface area (Å²) >= 11 is 0. The van der Waals surface area contributed by atoms with Crippen molar-refractivity contribution in [2.24, 2.45) is 0 Å². The predicted molar refractivity (Wildman–Crippen MR) is 89.7 cm³/mol. The Morgan fingerprint density at radius 2 is 2.04 bits per heavy atom. The number of carbonyl (C=O) groups is 1. The number of rotatable bonds is 6. The summed E-state index contributed by atoms with van der Waals surface area (Å²) < 4.78 is 48.7. The number of nitrogens with zero attached hydrogens (tertiary/aromatic N) is 2. The van der Waals surface area contributed by atoms with Crippen molar-refractivity contribution in [1.29, 1.82) is 0 Å².